The summed E-state index contributed by atoms with van der Waals surface area (Å²) < 4.78 is 6.67. The van der Waals surface area contributed by atoms with Gasteiger partial charge >= 0.3 is 0 Å². The summed E-state index contributed by atoms with van der Waals surface area (Å²) >= 11 is 6.56. The smallest absolute Gasteiger partial charge is 0.259 e. The van der Waals surface area contributed by atoms with E-state index < -0.39 is 0 Å². The minimum Gasteiger partial charge on any atom is -0.506 e. The Morgan fingerprint density at radius 2 is 2.00 bits per heavy atom. The average Bonchev–Trinajstić information content (AvgIpc) is 2.58. The van der Waals surface area contributed by atoms with Crippen molar-refractivity contribution in [2.24, 2.45) is 5.10 Å². The summed E-state index contributed by atoms with van der Waals surface area (Å²) in [5.41, 5.74) is 3.68. The van der Waals surface area contributed by atoms with Gasteiger partial charge in [0.25, 0.3) is 5.91 Å². The summed E-state index contributed by atoms with van der Waals surface area (Å²) in [6, 6.07) is 10.7. The van der Waals surface area contributed by atoms with Crippen molar-refractivity contribution in [3.05, 3.63) is 50.9 Å². The highest BCUT2D eigenvalue weighted by Crippen LogP contribution is 2.30. The van der Waals surface area contributed by atoms with Crippen molar-refractivity contribution in [2.75, 3.05) is 18.5 Å². The van der Waals surface area contributed by atoms with E-state index in [1.807, 2.05) is 31.2 Å². The lowest BCUT2D eigenvalue weighted by molar-refractivity contribution is -0.119. The number of carbonyl (C=O) groups excluding carboxylic acids is 1. The number of halogens is 2. The normalized spacial score (nSPS) is 10.7. The maximum absolute atomic E-state index is 11.8. The molecule has 132 valence electrons. The number of anilines is 1. The van der Waals surface area contributed by atoms with Crippen molar-refractivity contribution >= 4 is 49.7 Å². The predicted molar refractivity (Wildman–Crippen MR) is 105 cm³/mol. The van der Waals surface area contributed by atoms with Gasteiger partial charge in [-0.05, 0) is 59.3 Å². The van der Waals surface area contributed by atoms with Gasteiger partial charge in [-0.15, -0.1) is 0 Å². The fraction of sp³-hybridized carbons (Fsp3) is 0.176. The highest BCUT2D eigenvalue weighted by atomic mass is 79.9. The van der Waals surface area contributed by atoms with Crippen LogP contribution in [0.4, 0.5) is 5.69 Å². The first-order chi connectivity index (χ1) is 12.0. The van der Waals surface area contributed by atoms with Crippen molar-refractivity contribution < 1.29 is 14.6 Å². The molecule has 6 nitrogen and oxygen atoms in total. The van der Waals surface area contributed by atoms with Gasteiger partial charge in [0.1, 0.15) is 11.5 Å². The molecule has 0 aromatic heterocycles. The number of ether oxygens (including phenoxy) is 1. The molecule has 0 heterocycles. The van der Waals surface area contributed by atoms with Crippen LogP contribution >= 0.6 is 31.9 Å². The molecular weight excluding hydrogens is 454 g/mol. The second-order valence-electron chi connectivity index (χ2n) is 4.93. The van der Waals surface area contributed by atoms with Crippen LogP contribution in [0.25, 0.3) is 0 Å². The van der Waals surface area contributed by atoms with E-state index in [-0.39, 0.29) is 18.2 Å². The monoisotopic (exact) mass is 469 g/mol. The minimum absolute atomic E-state index is 0.0497. The lowest BCUT2D eigenvalue weighted by atomic mass is 10.2. The Labute approximate surface area is 162 Å². The molecule has 8 heteroatoms. The molecule has 0 unspecified atom stereocenters. The number of nitrogens with zero attached hydrogens (tertiary/aromatic N) is 1. The molecule has 0 fully saturated rings. The average molecular weight is 471 g/mol. The van der Waals surface area contributed by atoms with E-state index in [2.05, 4.69) is 47.7 Å². The van der Waals surface area contributed by atoms with Gasteiger partial charge in [0.2, 0.25) is 0 Å². The molecule has 25 heavy (non-hydrogen) atoms. The number of rotatable bonds is 7. The first-order valence-corrected chi connectivity index (χ1v) is 9.05. The summed E-state index contributed by atoms with van der Waals surface area (Å²) in [5, 5.41) is 16.7. The summed E-state index contributed by atoms with van der Waals surface area (Å²) in [7, 11) is 0. The third-order valence-electron chi connectivity index (χ3n) is 3.07. The highest BCUT2D eigenvalue weighted by molar-refractivity contribution is 9.11. The lowest BCUT2D eigenvalue weighted by Gasteiger charge is -2.07. The van der Waals surface area contributed by atoms with Gasteiger partial charge in [-0.3, -0.25) is 4.79 Å². The fourth-order valence-corrected chi connectivity index (χ4v) is 3.17. The zero-order valence-electron chi connectivity index (χ0n) is 13.4. The number of hydrogen-bond acceptors (Lipinski definition) is 5. The Bertz CT molecular complexity index is 764. The third-order valence-corrected chi connectivity index (χ3v) is 4.13. The maximum Gasteiger partial charge on any atom is 0.259 e. The molecule has 0 bridgehead atoms. The van der Waals surface area contributed by atoms with Crippen LogP contribution in [-0.4, -0.2) is 30.4 Å². The van der Waals surface area contributed by atoms with E-state index in [9.17, 15) is 9.90 Å². The SMILES string of the molecule is CCOc1ccc(NCC(=O)N/N=C/c2cc(Br)cc(Br)c2O)cc1. The third kappa shape index (κ3) is 6.06. The number of phenolic OH excluding ortho intramolecular Hbond substituents is 1. The van der Waals surface area contributed by atoms with Gasteiger partial charge in [0.05, 0.1) is 23.8 Å². The van der Waals surface area contributed by atoms with Gasteiger partial charge in [0, 0.05) is 15.7 Å². The van der Waals surface area contributed by atoms with Crippen molar-refractivity contribution in [2.45, 2.75) is 6.92 Å². The number of benzene rings is 2. The Morgan fingerprint density at radius 1 is 1.28 bits per heavy atom. The first-order valence-electron chi connectivity index (χ1n) is 7.46. The van der Waals surface area contributed by atoms with Crippen molar-refractivity contribution in [1.82, 2.24) is 5.43 Å². The van der Waals surface area contributed by atoms with E-state index in [1.54, 1.807) is 12.1 Å². The zero-order valence-corrected chi connectivity index (χ0v) is 16.6. The molecule has 0 aliphatic heterocycles. The van der Waals surface area contributed by atoms with Crippen LogP contribution in [-0.2, 0) is 4.79 Å². The standard InChI is InChI=1S/C17H17Br2N3O3/c1-2-25-14-5-3-13(4-6-14)20-10-16(23)22-21-9-11-7-12(18)8-15(19)17(11)24/h3-9,20,24H,2,10H2,1H3,(H,22,23)/b21-9+. The molecule has 0 radical (unpaired) electrons. The Balaban J connectivity index is 1.84. The van der Waals surface area contributed by atoms with Crippen LogP contribution in [0.1, 0.15) is 12.5 Å². The Hall–Kier alpha value is -2.06. The topological polar surface area (TPSA) is 83.0 Å². The summed E-state index contributed by atoms with van der Waals surface area (Å²) in [5.74, 6) is 0.523. The molecular formula is C17H17Br2N3O3. The molecule has 1 amide bonds. The second-order valence-corrected chi connectivity index (χ2v) is 6.70. The largest absolute Gasteiger partial charge is 0.506 e. The molecule has 0 saturated heterocycles. The summed E-state index contributed by atoms with van der Waals surface area (Å²) in [6.07, 6.45) is 1.37. The number of hydrazone groups is 1. The molecule has 0 saturated carbocycles. The minimum atomic E-state index is -0.307. The molecule has 0 spiro atoms. The molecule has 0 aliphatic carbocycles. The van der Waals surface area contributed by atoms with Crippen molar-refractivity contribution in [1.29, 1.82) is 0 Å². The van der Waals surface area contributed by atoms with Crippen molar-refractivity contribution in [3.63, 3.8) is 0 Å². The number of carbonyl (C=O) groups is 1. The van der Waals surface area contributed by atoms with E-state index in [4.69, 9.17) is 4.74 Å². The highest BCUT2D eigenvalue weighted by Gasteiger charge is 2.06. The molecule has 2 aromatic rings. The second kappa shape index (κ2) is 9.43. The van der Waals surface area contributed by atoms with Crippen LogP contribution in [0, 0.1) is 0 Å². The Morgan fingerprint density at radius 3 is 2.68 bits per heavy atom. The molecule has 2 rings (SSSR count). The molecule has 3 N–H and O–H groups in total. The fourth-order valence-electron chi connectivity index (χ4n) is 1.92. The van der Waals surface area contributed by atoms with Gasteiger partial charge < -0.3 is 15.2 Å². The molecule has 2 aromatic carbocycles. The van der Waals surface area contributed by atoms with Crippen LogP contribution in [0.3, 0.4) is 0 Å². The number of nitrogens with one attached hydrogen (secondary N) is 2. The van der Waals surface area contributed by atoms with Crippen LogP contribution < -0.4 is 15.5 Å². The van der Waals surface area contributed by atoms with E-state index in [0.717, 1.165) is 15.9 Å². The van der Waals surface area contributed by atoms with Gasteiger partial charge in [-0.2, -0.15) is 5.10 Å². The number of phenols is 1. The zero-order chi connectivity index (χ0) is 18.2. The lowest BCUT2D eigenvalue weighted by Crippen LogP contribution is -2.25. The summed E-state index contributed by atoms with van der Waals surface area (Å²) in [4.78, 5) is 11.8. The van der Waals surface area contributed by atoms with Gasteiger partial charge in [0.15, 0.2) is 0 Å². The van der Waals surface area contributed by atoms with Crippen LogP contribution in [0.2, 0.25) is 0 Å². The van der Waals surface area contributed by atoms with Crippen LogP contribution in [0.15, 0.2) is 50.4 Å². The summed E-state index contributed by atoms with van der Waals surface area (Å²) in [6.45, 7) is 2.60. The van der Waals surface area contributed by atoms with Gasteiger partial charge in [-0.25, -0.2) is 5.43 Å². The van der Waals surface area contributed by atoms with E-state index >= 15 is 0 Å². The Kier molecular flexibility index (Phi) is 7.27. The first kappa shape index (κ1) is 19.3. The molecule has 0 atom stereocenters. The number of amides is 1. The van der Waals surface area contributed by atoms with Crippen molar-refractivity contribution in [3.8, 4) is 11.5 Å². The number of hydrogen-bond donors (Lipinski definition) is 3. The number of aromatic hydroxyl groups is 1. The predicted octanol–water partition coefficient (Wildman–Crippen LogP) is 3.88. The quantitative estimate of drug-likeness (QED) is 0.423. The maximum atomic E-state index is 11.8. The van der Waals surface area contributed by atoms with E-state index in [0.29, 0.717) is 16.6 Å². The van der Waals surface area contributed by atoms with E-state index in [1.165, 1.54) is 6.21 Å². The van der Waals surface area contributed by atoms with Gasteiger partial charge in [-0.1, -0.05) is 15.9 Å². The molecule has 0 aliphatic rings. The van der Waals surface area contributed by atoms with Crippen LogP contribution in [0.5, 0.6) is 11.5 Å².